The molecule has 1 fully saturated rings. The average molecular weight is 405 g/mol. The predicted molar refractivity (Wildman–Crippen MR) is 104 cm³/mol. The Labute approximate surface area is 169 Å². The molecule has 0 saturated carbocycles. The highest BCUT2D eigenvalue weighted by Gasteiger charge is 2.51. The highest BCUT2D eigenvalue weighted by molar-refractivity contribution is 6.09. The van der Waals surface area contributed by atoms with Gasteiger partial charge in [0, 0.05) is 13.7 Å². The zero-order valence-electron chi connectivity index (χ0n) is 17.0. The van der Waals surface area contributed by atoms with E-state index in [9.17, 15) is 19.2 Å². The molecular formula is C20H27N3O6. The SMILES string of the molecule is CCOC(=O)CN(CCOC)C(=O)CN1C(=O)NC(CC)(c2ccccc2)C1=O. The molecule has 4 amide bonds. The molecule has 0 radical (unpaired) electrons. The Morgan fingerprint density at radius 1 is 1.17 bits per heavy atom. The highest BCUT2D eigenvalue weighted by Crippen LogP contribution is 2.32. The molecule has 0 bridgehead atoms. The van der Waals surface area contributed by atoms with Gasteiger partial charge in [-0.15, -0.1) is 0 Å². The van der Waals surface area contributed by atoms with Gasteiger partial charge in [-0.3, -0.25) is 19.3 Å². The third kappa shape index (κ3) is 4.92. The molecule has 1 heterocycles. The summed E-state index contributed by atoms with van der Waals surface area (Å²) in [6, 6.07) is 8.27. The Balaban J connectivity index is 2.18. The third-order valence-corrected chi connectivity index (χ3v) is 4.81. The van der Waals surface area contributed by atoms with Gasteiger partial charge in [-0.25, -0.2) is 4.79 Å². The number of urea groups is 1. The van der Waals surface area contributed by atoms with E-state index in [0.29, 0.717) is 12.0 Å². The van der Waals surface area contributed by atoms with Gasteiger partial charge in [-0.2, -0.15) is 0 Å². The summed E-state index contributed by atoms with van der Waals surface area (Å²) in [6.07, 6.45) is 0.336. The van der Waals surface area contributed by atoms with Gasteiger partial charge >= 0.3 is 12.0 Å². The minimum Gasteiger partial charge on any atom is -0.465 e. The Kier molecular flexibility index (Phi) is 7.72. The fourth-order valence-electron chi connectivity index (χ4n) is 3.22. The van der Waals surface area contributed by atoms with E-state index in [0.717, 1.165) is 4.90 Å². The average Bonchev–Trinajstić information content (AvgIpc) is 2.97. The van der Waals surface area contributed by atoms with Crippen LogP contribution in [0.4, 0.5) is 4.79 Å². The summed E-state index contributed by atoms with van der Waals surface area (Å²) < 4.78 is 9.87. The number of carbonyl (C=O) groups is 4. The standard InChI is InChI=1S/C20H27N3O6/c1-4-20(15-9-7-6-8-10-15)18(26)23(19(27)21-20)13-16(24)22(11-12-28-3)14-17(25)29-5-2/h6-10H,4-5,11-14H2,1-3H3,(H,21,27). The molecule has 1 aliphatic heterocycles. The summed E-state index contributed by atoms with van der Waals surface area (Å²) in [5.41, 5.74) is -0.560. The lowest BCUT2D eigenvalue weighted by Crippen LogP contribution is -2.47. The van der Waals surface area contributed by atoms with Crippen LogP contribution >= 0.6 is 0 Å². The molecule has 9 heteroatoms. The van der Waals surface area contributed by atoms with Crippen LogP contribution in [0.15, 0.2) is 30.3 Å². The molecule has 1 aromatic carbocycles. The molecule has 29 heavy (non-hydrogen) atoms. The number of ether oxygens (including phenoxy) is 2. The van der Waals surface area contributed by atoms with Crippen molar-refractivity contribution in [3.05, 3.63) is 35.9 Å². The first-order valence-electron chi connectivity index (χ1n) is 9.51. The second-order valence-electron chi connectivity index (χ2n) is 6.56. The summed E-state index contributed by atoms with van der Waals surface area (Å²) in [4.78, 5) is 52.3. The number of benzene rings is 1. The van der Waals surface area contributed by atoms with Crippen LogP contribution in [0.25, 0.3) is 0 Å². The van der Waals surface area contributed by atoms with Crippen LogP contribution in [0.5, 0.6) is 0 Å². The van der Waals surface area contributed by atoms with Crippen molar-refractivity contribution in [2.75, 3.05) is 40.0 Å². The van der Waals surface area contributed by atoms with E-state index >= 15 is 0 Å². The predicted octanol–water partition coefficient (Wildman–Crippen LogP) is 0.882. The maximum atomic E-state index is 13.1. The summed E-state index contributed by atoms with van der Waals surface area (Å²) in [7, 11) is 1.47. The van der Waals surface area contributed by atoms with Crippen LogP contribution < -0.4 is 5.32 Å². The van der Waals surface area contributed by atoms with Gasteiger partial charge in [-0.1, -0.05) is 37.3 Å². The van der Waals surface area contributed by atoms with E-state index in [4.69, 9.17) is 9.47 Å². The normalized spacial score (nSPS) is 18.5. The fraction of sp³-hybridized carbons (Fsp3) is 0.500. The number of imide groups is 1. The smallest absolute Gasteiger partial charge is 0.325 e. The topological polar surface area (TPSA) is 105 Å². The maximum absolute atomic E-state index is 13.1. The molecule has 1 aliphatic rings. The zero-order chi connectivity index (χ0) is 21.4. The summed E-state index contributed by atoms with van der Waals surface area (Å²) in [5, 5.41) is 2.73. The fourth-order valence-corrected chi connectivity index (χ4v) is 3.22. The number of methoxy groups -OCH3 is 1. The number of esters is 1. The summed E-state index contributed by atoms with van der Waals surface area (Å²) >= 11 is 0. The van der Waals surface area contributed by atoms with Crippen LogP contribution in [0.1, 0.15) is 25.8 Å². The third-order valence-electron chi connectivity index (χ3n) is 4.81. The van der Waals surface area contributed by atoms with E-state index in [-0.39, 0.29) is 26.3 Å². The molecule has 0 aromatic heterocycles. The van der Waals surface area contributed by atoms with Gasteiger partial charge in [0.15, 0.2) is 0 Å². The van der Waals surface area contributed by atoms with Gasteiger partial charge in [0.1, 0.15) is 18.6 Å². The number of carbonyl (C=O) groups excluding carboxylic acids is 4. The largest absolute Gasteiger partial charge is 0.465 e. The second kappa shape index (κ2) is 10.0. The molecule has 1 unspecified atom stereocenters. The van der Waals surface area contributed by atoms with E-state index in [1.807, 2.05) is 6.07 Å². The number of hydrogen-bond donors (Lipinski definition) is 1. The van der Waals surface area contributed by atoms with Gasteiger partial charge in [0.05, 0.1) is 13.2 Å². The Morgan fingerprint density at radius 2 is 1.86 bits per heavy atom. The van der Waals surface area contributed by atoms with Gasteiger partial charge in [0.25, 0.3) is 5.91 Å². The van der Waals surface area contributed by atoms with Crippen molar-refractivity contribution in [1.29, 1.82) is 0 Å². The van der Waals surface area contributed by atoms with Gasteiger partial charge in [0.2, 0.25) is 5.91 Å². The minimum absolute atomic E-state index is 0.134. The van der Waals surface area contributed by atoms with Crippen molar-refractivity contribution < 1.29 is 28.7 Å². The van der Waals surface area contributed by atoms with Crippen molar-refractivity contribution in [3.63, 3.8) is 0 Å². The number of hydrogen-bond acceptors (Lipinski definition) is 6. The number of nitrogens with one attached hydrogen (secondary N) is 1. The maximum Gasteiger partial charge on any atom is 0.325 e. The minimum atomic E-state index is -1.21. The van der Waals surface area contributed by atoms with Crippen LogP contribution in [0.2, 0.25) is 0 Å². The molecule has 0 spiro atoms. The van der Waals surface area contributed by atoms with Crippen LogP contribution in [0, 0.1) is 0 Å². The molecule has 0 aliphatic carbocycles. The Morgan fingerprint density at radius 3 is 2.45 bits per heavy atom. The molecular weight excluding hydrogens is 378 g/mol. The van der Waals surface area contributed by atoms with Crippen molar-refractivity contribution in [2.24, 2.45) is 0 Å². The van der Waals surface area contributed by atoms with E-state index < -0.39 is 35.9 Å². The molecule has 158 valence electrons. The summed E-state index contributed by atoms with van der Waals surface area (Å²) in [6.45, 7) is 3.24. The quantitative estimate of drug-likeness (QED) is 0.458. The first-order valence-corrected chi connectivity index (χ1v) is 9.51. The molecule has 1 aromatic rings. The van der Waals surface area contributed by atoms with Crippen LogP contribution in [-0.2, 0) is 29.4 Å². The first kappa shape index (κ1) is 22.4. The van der Waals surface area contributed by atoms with E-state index in [1.165, 1.54) is 12.0 Å². The zero-order valence-corrected chi connectivity index (χ0v) is 17.0. The Bertz CT molecular complexity index is 754. The molecule has 1 saturated heterocycles. The molecule has 2 rings (SSSR count). The van der Waals surface area contributed by atoms with Gasteiger partial charge in [-0.05, 0) is 18.9 Å². The lowest BCUT2D eigenvalue weighted by molar-refractivity contribution is -0.150. The van der Waals surface area contributed by atoms with E-state index in [1.54, 1.807) is 38.1 Å². The summed E-state index contributed by atoms with van der Waals surface area (Å²) in [5.74, 6) is -1.60. The first-order chi connectivity index (χ1) is 13.9. The van der Waals surface area contributed by atoms with Crippen LogP contribution in [0.3, 0.4) is 0 Å². The number of amides is 4. The lowest BCUT2D eigenvalue weighted by atomic mass is 9.87. The molecule has 1 atom stereocenters. The van der Waals surface area contributed by atoms with Crippen molar-refractivity contribution in [1.82, 2.24) is 15.1 Å². The highest BCUT2D eigenvalue weighted by atomic mass is 16.5. The monoisotopic (exact) mass is 405 g/mol. The Hall–Kier alpha value is -2.94. The number of nitrogens with zero attached hydrogens (tertiary/aromatic N) is 2. The van der Waals surface area contributed by atoms with Crippen LogP contribution in [-0.4, -0.2) is 73.6 Å². The molecule has 1 N–H and O–H groups in total. The van der Waals surface area contributed by atoms with Crippen molar-refractivity contribution in [3.8, 4) is 0 Å². The second-order valence-corrected chi connectivity index (χ2v) is 6.56. The van der Waals surface area contributed by atoms with Crippen molar-refractivity contribution in [2.45, 2.75) is 25.8 Å². The number of rotatable bonds is 10. The molecule has 9 nitrogen and oxygen atoms in total. The van der Waals surface area contributed by atoms with Gasteiger partial charge < -0.3 is 19.7 Å². The van der Waals surface area contributed by atoms with E-state index in [2.05, 4.69) is 5.32 Å². The van der Waals surface area contributed by atoms with Crippen molar-refractivity contribution >= 4 is 23.8 Å². The lowest BCUT2D eigenvalue weighted by Gasteiger charge is -2.26.